The maximum atomic E-state index is 12.4. The normalized spacial score (nSPS) is 11.4. The van der Waals surface area contributed by atoms with Gasteiger partial charge in [0.25, 0.3) is 5.91 Å². The van der Waals surface area contributed by atoms with Gasteiger partial charge in [-0.05, 0) is 37.1 Å². The average molecular weight is 381 g/mol. The molecule has 0 aliphatic heterocycles. The first-order chi connectivity index (χ1) is 13.4. The summed E-state index contributed by atoms with van der Waals surface area (Å²) in [5.74, 6) is -0.685. The third-order valence-corrected chi connectivity index (χ3v) is 4.37. The Morgan fingerprint density at radius 2 is 1.64 bits per heavy atom. The molecule has 2 aromatic rings. The number of benzene rings is 2. The molecule has 0 aromatic heterocycles. The van der Waals surface area contributed by atoms with Gasteiger partial charge in [-0.3, -0.25) is 14.4 Å². The standard InChI is InChI=1S/C22H27N3O3/c1-4-17-10-8-9-13-19(17)24-20(26)15-25(3)21(27)14-16(2)23-22(28)18-11-6-5-7-12-18/h5-13,16H,4,14-15H2,1-3H3,(H,23,28)(H,24,26). The van der Waals surface area contributed by atoms with E-state index in [1.165, 1.54) is 4.90 Å². The van der Waals surface area contributed by atoms with Crippen molar-refractivity contribution in [2.75, 3.05) is 18.9 Å². The van der Waals surface area contributed by atoms with E-state index in [0.29, 0.717) is 5.56 Å². The van der Waals surface area contributed by atoms with Gasteiger partial charge in [0.05, 0.1) is 6.54 Å². The minimum absolute atomic E-state index is 0.0454. The number of rotatable bonds is 8. The molecule has 0 heterocycles. The van der Waals surface area contributed by atoms with Gasteiger partial charge in [0.2, 0.25) is 11.8 Å². The lowest BCUT2D eigenvalue weighted by molar-refractivity contribution is -0.133. The molecule has 0 spiro atoms. The van der Waals surface area contributed by atoms with Crippen LogP contribution in [0.25, 0.3) is 0 Å². The molecular weight excluding hydrogens is 354 g/mol. The van der Waals surface area contributed by atoms with E-state index in [0.717, 1.165) is 17.7 Å². The van der Waals surface area contributed by atoms with Crippen LogP contribution in [0.4, 0.5) is 5.69 Å². The van der Waals surface area contributed by atoms with Crippen molar-refractivity contribution in [3.05, 3.63) is 65.7 Å². The molecule has 6 nitrogen and oxygen atoms in total. The molecule has 28 heavy (non-hydrogen) atoms. The first kappa shape index (κ1) is 21.2. The van der Waals surface area contributed by atoms with Crippen LogP contribution in [0.5, 0.6) is 0 Å². The Kier molecular flexibility index (Phi) is 7.75. The lowest BCUT2D eigenvalue weighted by Gasteiger charge is -2.20. The molecule has 2 rings (SSSR count). The number of likely N-dealkylation sites (N-methyl/N-ethyl adjacent to an activating group) is 1. The van der Waals surface area contributed by atoms with Crippen LogP contribution in [-0.4, -0.2) is 42.3 Å². The Bertz CT molecular complexity index is 821. The summed E-state index contributed by atoms with van der Waals surface area (Å²) in [6.07, 6.45) is 0.928. The van der Waals surface area contributed by atoms with E-state index in [1.54, 1.807) is 38.2 Å². The lowest BCUT2D eigenvalue weighted by atomic mass is 10.1. The van der Waals surface area contributed by atoms with Gasteiger partial charge < -0.3 is 15.5 Å². The van der Waals surface area contributed by atoms with Crippen LogP contribution in [0.2, 0.25) is 0 Å². The highest BCUT2D eigenvalue weighted by Crippen LogP contribution is 2.15. The molecule has 0 aliphatic rings. The Balaban J connectivity index is 1.83. The van der Waals surface area contributed by atoms with Crippen molar-refractivity contribution in [3.63, 3.8) is 0 Å². The van der Waals surface area contributed by atoms with Crippen molar-refractivity contribution in [3.8, 4) is 0 Å². The van der Waals surface area contributed by atoms with E-state index in [-0.39, 0.29) is 36.7 Å². The van der Waals surface area contributed by atoms with Crippen LogP contribution in [0.1, 0.15) is 36.2 Å². The number of para-hydroxylation sites is 1. The third kappa shape index (κ3) is 6.23. The number of amides is 3. The monoisotopic (exact) mass is 381 g/mol. The second kappa shape index (κ2) is 10.3. The van der Waals surface area contributed by atoms with E-state index >= 15 is 0 Å². The molecule has 2 N–H and O–H groups in total. The number of carbonyl (C=O) groups excluding carboxylic acids is 3. The smallest absolute Gasteiger partial charge is 0.251 e. The predicted molar refractivity (Wildman–Crippen MR) is 110 cm³/mol. The fraction of sp³-hybridized carbons (Fsp3) is 0.318. The number of nitrogens with zero attached hydrogens (tertiary/aromatic N) is 1. The molecule has 148 valence electrons. The third-order valence-electron chi connectivity index (χ3n) is 4.37. The van der Waals surface area contributed by atoms with Gasteiger partial charge in [0.1, 0.15) is 0 Å². The SMILES string of the molecule is CCc1ccccc1NC(=O)CN(C)C(=O)CC(C)NC(=O)c1ccccc1. The van der Waals surface area contributed by atoms with Crippen LogP contribution in [0.3, 0.4) is 0 Å². The topological polar surface area (TPSA) is 78.5 Å². The largest absolute Gasteiger partial charge is 0.349 e. The average Bonchev–Trinajstić information content (AvgIpc) is 2.68. The van der Waals surface area contributed by atoms with Crippen molar-refractivity contribution < 1.29 is 14.4 Å². The molecule has 3 amide bonds. The zero-order valence-electron chi connectivity index (χ0n) is 16.6. The highest BCUT2D eigenvalue weighted by Gasteiger charge is 2.18. The zero-order valence-corrected chi connectivity index (χ0v) is 16.6. The molecule has 1 unspecified atom stereocenters. The van der Waals surface area contributed by atoms with E-state index in [2.05, 4.69) is 10.6 Å². The highest BCUT2D eigenvalue weighted by molar-refractivity contribution is 5.96. The number of carbonyl (C=O) groups is 3. The molecule has 0 radical (unpaired) electrons. The molecule has 6 heteroatoms. The molecule has 2 aromatic carbocycles. The second-order valence-corrected chi connectivity index (χ2v) is 6.75. The second-order valence-electron chi connectivity index (χ2n) is 6.75. The van der Waals surface area contributed by atoms with Gasteiger partial charge in [-0.2, -0.15) is 0 Å². The van der Waals surface area contributed by atoms with Crippen LogP contribution in [-0.2, 0) is 16.0 Å². The summed E-state index contributed by atoms with van der Waals surface area (Å²) in [4.78, 5) is 38.2. The molecule has 0 saturated heterocycles. The van der Waals surface area contributed by atoms with Gasteiger partial charge in [-0.25, -0.2) is 0 Å². The number of hydrogen-bond donors (Lipinski definition) is 2. The van der Waals surface area contributed by atoms with Gasteiger partial charge in [-0.1, -0.05) is 43.3 Å². The Labute approximate surface area is 165 Å². The first-order valence-corrected chi connectivity index (χ1v) is 9.38. The molecular formula is C22H27N3O3. The van der Waals surface area contributed by atoms with Gasteiger partial charge in [0.15, 0.2) is 0 Å². The van der Waals surface area contributed by atoms with Crippen LogP contribution in [0, 0.1) is 0 Å². The minimum atomic E-state index is -0.341. The van der Waals surface area contributed by atoms with Crippen molar-refractivity contribution in [2.45, 2.75) is 32.7 Å². The van der Waals surface area contributed by atoms with Gasteiger partial charge in [0, 0.05) is 30.8 Å². The Hall–Kier alpha value is -3.15. The van der Waals surface area contributed by atoms with E-state index in [9.17, 15) is 14.4 Å². The fourth-order valence-electron chi connectivity index (χ4n) is 2.81. The van der Waals surface area contributed by atoms with Crippen LogP contribution in [0.15, 0.2) is 54.6 Å². The van der Waals surface area contributed by atoms with Crippen molar-refractivity contribution in [1.82, 2.24) is 10.2 Å². The van der Waals surface area contributed by atoms with Gasteiger partial charge in [-0.15, -0.1) is 0 Å². The van der Waals surface area contributed by atoms with Gasteiger partial charge >= 0.3 is 0 Å². The summed E-state index contributed by atoms with van der Waals surface area (Å²) in [7, 11) is 1.58. The molecule has 0 fully saturated rings. The Morgan fingerprint density at radius 1 is 1.00 bits per heavy atom. The maximum Gasteiger partial charge on any atom is 0.251 e. The number of nitrogens with one attached hydrogen (secondary N) is 2. The summed E-state index contributed by atoms with van der Waals surface area (Å²) in [5.41, 5.74) is 2.35. The van der Waals surface area contributed by atoms with Crippen molar-refractivity contribution in [2.24, 2.45) is 0 Å². The Morgan fingerprint density at radius 3 is 2.32 bits per heavy atom. The highest BCUT2D eigenvalue weighted by atomic mass is 16.2. The van der Waals surface area contributed by atoms with Crippen molar-refractivity contribution >= 4 is 23.4 Å². The lowest BCUT2D eigenvalue weighted by Crippen LogP contribution is -2.40. The van der Waals surface area contributed by atoms with E-state index in [4.69, 9.17) is 0 Å². The number of anilines is 1. The van der Waals surface area contributed by atoms with Crippen molar-refractivity contribution in [1.29, 1.82) is 0 Å². The molecule has 1 atom stereocenters. The number of hydrogen-bond acceptors (Lipinski definition) is 3. The molecule has 0 aliphatic carbocycles. The predicted octanol–water partition coefficient (Wildman–Crippen LogP) is 2.85. The summed E-state index contributed by atoms with van der Waals surface area (Å²) >= 11 is 0. The van der Waals surface area contributed by atoms with E-state index < -0.39 is 0 Å². The summed E-state index contributed by atoms with van der Waals surface area (Å²) in [6.45, 7) is 3.74. The number of aryl methyl sites for hydroxylation is 1. The summed E-state index contributed by atoms with van der Waals surface area (Å²) in [6, 6.07) is 16.1. The minimum Gasteiger partial charge on any atom is -0.349 e. The molecule has 0 bridgehead atoms. The maximum absolute atomic E-state index is 12.4. The fourth-order valence-corrected chi connectivity index (χ4v) is 2.81. The first-order valence-electron chi connectivity index (χ1n) is 9.38. The summed E-state index contributed by atoms with van der Waals surface area (Å²) in [5, 5.41) is 5.65. The van der Waals surface area contributed by atoms with Crippen LogP contribution >= 0.6 is 0 Å². The van der Waals surface area contributed by atoms with Crippen LogP contribution < -0.4 is 10.6 Å². The summed E-state index contributed by atoms with van der Waals surface area (Å²) < 4.78 is 0. The quantitative estimate of drug-likeness (QED) is 0.738. The van der Waals surface area contributed by atoms with E-state index in [1.807, 2.05) is 37.3 Å². The zero-order chi connectivity index (χ0) is 20.5. The molecule has 0 saturated carbocycles.